The number of rotatable bonds is 13. The lowest BCUT2D eigenvalue weighted by molar-refractivity contribution is -0.139. The summed E-state index contributed by atoms with van der Waals surface area (Å²) in [7, 11) is 1.37. The van der Waals surface area contributed by atoms with E-state index in [0.717, 1.165) is 41.0 Å². The van der Waals surface area contributed by atoms with Gasteiger partial charge in [0.15, 0.2) is 0 Å². The average molecular weight is 494 g/mol. The van der Waals surface area contributed by atoms with Gasteiger partial charge in [0, 0.05) is 21.8 Å². The van der Waals surface area contributed by atoms with Crippen LogP contribution in [0.1, 0.15) is 56.2 Å². The largest absolute Gasteiger partial charge is 0.507 e. The maximum atomic E-state index is 11.4. The summed E-state index contributed by atoms with van der Waals surface area (Å²) in [4.78, 5) is 12.4. The number of methoxy groups -OCH3 is 1. The van der Waals surface area contributed by atoms with Gasteiger partial charge in [0.25, 0.3) is 0 Å². The van der Waals surface area contributed by atoms with E-state index >= 15 is 0 Å². The Kier molecular flexibility index (Phi) is 11.4. The predicted molar refractivity (Wildman–Crippen MR) is 133 cm³/mol. The van der Waals surface area contributed by atoms with E-state index in [9.17, 15) is 15.1 Å². The van der Waals surface area contributed by atoms with Crippen LogP contribution in [0.3, 0.4) is 0 Å². The van der Waals surface area contributed by atoms with E-state index in [4.69, 9.17) is 16.3 Å². The number of ether oxygens (including phenoxy) is 2. The third-order valence-corrected chi connectivity index (χ3v) is 6.62. The molecule has 0 saturated heterocycles. The smallest absolute Gasteiger partial charge is 0.309 e. The molecule has 33 heavy (non-hydrogen) atoms. The monoisotopic (exact) mass is 493 g/mol. The molecule has 180 valence electrons. The number of esters is 1. The number of carbonyl (C=O) groups is 1. The predicted octanol–water partition coefficient (Wildman–Crippen LogP) is 6.25. The number of nitrogens with zero attached hydrogens (tertiary/aromatic N) is 1. The van der Waals surface area contributed by atoms with Crippen LogP contribution < -0.4 is 4.74 Å². The minimum absolute atomic E-state index is 0.129. The molecule has 8 heteroatoms. The standard InChI is InChI=1S/C25H32ClNO5S/c1-4-7-19-22(11-10-18(25(19)29)21(27-30)8-5-2)32-13-6-14-33-23-12-9-17(15-20(23)26)16-24(28)31-3/h9-12,15,29-30H,4-8,13-14,16H2,1-3H3. The molecule has 0 heterocycles. The molecule has 0 aliphatic heterocycles. The second kappa shape index (κ2) is 14.0. The molecule has 6 nitrogen and oxygen atoms in total. The summed E-state index contributed by atoms with van der Waals surface area (Å²) in [6, 6.07) is 9.18. The maximum Gasteiger partial charge on any atom is 0.309 e. The Bertz CT molecular complexity index is 964. The van der Waals surface area contributed by atoms with Crippen molar-refractivity contribution in [3.8, 4) is 11.5 Å². The number of hydrogen-bond donors (Lipinski definition) is 2. The molecule has 0 unspecified atom stereocenters. The first kappa shape index (κ1) is 26.9. The molecule has 2 aromatic carbocycles. The molecule has 0 saturated carbocycles. The SMILES string of the molecule is CCCC(=NO)c1ccc(OCCCSc2ccc(CC(=O)OC)cc2Cl)c(CCC)c1O. The van der Waals surface area contributed by atoms with Crippen molar-refractivity contribution in [2.75, 3.05) is 19.5 Å². The third kappa shape index (κ3) is 7.86. The number of carbonyl (C=O) groups excluding carboxylic acids is 1. The Morgan fingerprint density at radius 1 is 1.18 bits per heavy atom. The van der Waals surface area contributed by atoms with Crippen molar-refractivity contribution in [2.24, 2.45) is 5.16 Å². The van der Waals surface area contributed by atoms with Gasteiger partial charge >= 0.3 is 5.97 Å². The quantitative estimate of drug-likeness (QED) is 0.0855. The van der Waals surface area contributed by atoms with Crippen molar-refractivity contribution < 1.29 is 24.6 Å². The van der Waals surface area contributed by atoms with Crippen LogP contribution >= 0.6 is 23.4 Å². The zero-order valence-corrected chi connectivity index (χ0v) is 21.0. The van der Waals surface area contributed by atoms with Crippen LogP contribution in [0.15, 0.2) is 40.4 Å². The Morgan fingerprint density at radius 2 is 1.97 bits per heavy atom. The fourth-order valence-electron chi connectivity index (χ4n) is 3.39. The summed E-state index contributed by atoms with van der Waals surface area (Å²) in [5.41, 5.74) is 2.59. The van der Waals surface area contributed by atoms with Gasteiger partial charge < -0.3 is 19.8 Å². The van der Waals surface area contributed by atoms with E-state index in [1.54, 1.807) is 23.9 Å². The van der Waals surface area contributed by atoms with Crippen molar-refractivity contribution in [1.29, 1.82) is 0 Å². The van der Waals surface area contributed by atoms with Crippen LogP contribution in [0.25, 0.3) is 0 Å². The fourth-order valence-corrected chi connectivity index (χ4v) is 4.60. The zero-order chi connectivity index (χ0) is 24.2. The summed E-state index contributed by atoms with van der Waals surface area (Å²) in [5, 5.41) is 24.1. The highest BCUT2D eigenvalue weighted by Crippen LogP contribution is 2.34. The molecule has 0 aromatic heterocycles. The van der Waals surface area contributed by atoms with Crippen molar-refractivity contribution in [2.45, 2.75) is 57.3 Å². The molecule has 0 aliphatic carbocycles. The highest BCUT2D eigenvalue weighted by molar-refractivity contribution is 7.99. The number of hydrogen-bond acceptors (Lipinski definition) is 7. The fraction of sp³-hybridized carbons (Fsp3) is 0.440. The zero-order valence-electron chi connectivity index (χ0n) is 19.4. The first-order valence-electron chi connectivity index (χ1n) is 11.1. The summed E-state index contributed by atoms with van der Waals surface area (Å²) in [5.74, 6) is 1.29. The van der Waals surface area contributed by atoms with Gasteiger partial charge in [0.05, 0.1) is 30.9 Å². The van der Waals surface area contributed by atoms with E-state index in [2.05, 4.69) is 9.89 Å². The Labute approximate surface area is 204 Å². The molecule has 0 bridgehead atoms. The maximum absolute atomic E-state index is 11.4. The number of phenolic OH excluding ortho intramolecular Hbond substituents is 1. The molecule has 0 fully saturated rings. The molecule has 2 N–H and O–H groups in total. The third-order valence-electron chi connectivity index (χ3n) is 5.03. The van der Waals surface area contributed by atoms with Crippen LogP contribution in [0.2, 0.25) is 5.02 Å². The minimum Gasteiger partial charge on any atom is -0.507 e. The molecule has 0 amide bonds. The first-order valence-corrected chi connectivity index (χ1v) is 12.5. The van der Waals surface area contributed by atoms with Crippen LogP contribution in [0.4, 0.5) is 0 Å². The summed E-state index contributed by atoms with van der Waals surface area (Å²) in [6.07, 6.45) is 3.91. The molecule has 0 radical (unpaired) electrons. The minimum atomic E-state index is -0.296. The number of halogens is 1. The van der Waals surface area contributed by atoms with E-state index in [1.165, 1.54) is 7.11 Å². The average Bonchev–Trinajstić information content (AvgIpc) is 2.80. The molecule has 2 rings (SSSR count). The number of oxime groups is 1. The van der Waals surface area contributed by atoms with E-state index in [-0.39, 0.29) is 18.1 Å². The molecule has 0 spiro atoms. The van der Waals surface area contributed by atoms with Gasteiger partial charge in [-0.25, -0.2) is 0 Å². The van der Waals surface area contributed by atoms with Crippen LogP contribution in [-0.4, -0.2) is 41.5 Å². The number of thioether (sulfide) groups is 1. The van der Waals surface area contributed by atoms with Crippen LogP contribution in [0, 0.1) is 0 Å². The number of phenols is 1. The van der Waals surface area contributed by atoms with Crippen molar-refractivity contribution in [3.63, 3.8) is 0 Å². The van der Waals surface area contributed by atoms with Crippen molar-refractivity contribution in [3.05, 3.63) is 52.0 Å². The Morgan fingerprint density at radius 3 is 2.61 bits per heavy atom. The number of aromatic hydroxyl groups is 1. The van der Waals surface area contributed by atoms with E-state index < -0.39 is 0 Å². The van der Waals surface area contributed by atoms with E-state index in [0.29, 0.717) is 41.5 Å². The lowest BCUT2D eigenvalue weighted by Crippen LogP contribution is -2.06. The van der Waals surface area contributed by atoms with Gasteiger partial charge in [-0.1, -0.05) is 49.5 Å². The van der Waals surface area contributed by atoms with Gasteiger partial charge in [-0.15, -0.1) is 11.8 Å². The van der Waals surface area contributed by atoms with Crippen LogP contribution in [0.5, 0.6) is 11.5 Å². The highest BCUT2D eigenvalue weighted by atomic mass is 35.5. The molecule has 2 aromatic rings. The first-order chi connectivity index (χ1) is 15.9. The lowest BCUT2D eigenvalue weighted by Gasteiger charge is -2.16. The van der Waals surface area contributed by atoms with Gasteiger partial charge in [-0.3, -0.25) is 4.79 Å². The van der Waals surface area contributed by atoms with Gasteiger partial charge in [0.2, 0.25) is 0 Å². The normalized spacial score (nSPS) is 11.5. The van der Waals surface area contributed by atoms with Crippen molar-refractivity contribution >= 4 is 35.0 Å². The topological polar surface area (TPSA) is 88.4 Å². The molecular weight excluding hydrogens is 462 g/mol. The molecule has 0 aliphatic rings. The van der Waals surface area contributed by atoms with Gasteiger partial charge in [-0.05, 0) is 49.1 Å². The summed E-state index contributed by atoms with van der Waals surface area (Å²) >= 11 is 7.98. The number of benzene rings is 2. The Hall–Kier alpha value is -2.38. The van der Waals surface area contributed by atoms with Gasteiger partial charge in [0.1, 0.15) is 11.5 Å². The lowest BCUT2D eigenvalue weighted by atomic mass is 9.98. The molecule has 0 atom stereocenters. The second-order valence-corrected chi connectivity index (χ2v) is 9.10. The Balaban J connectivity index is 1.95. The van der Waals surface area contributed by atoms with Crippen molar-refractivity contribution in [1.82, 2.24) is 0 Å². The summed E-state index contributed by atoms with van der Waals surface area (Å²) in [6.45, 7) is 4.53. The highest BCUT2D eigenvalue weighted by Gasteiger charge is 2.17. The van der Waals surface area contributed by atoms with E-state index in [1.807, 2.05) is 32.0 Å². The van der Waals surface area contributed by atoms with Gasteiger partial charge in [-0.2, -0.15) is 0 Å². The molecular formula is C25H32ClNO5S. The second-order valence-electron chi connectivity index (χ2n) is 7.55. The summed E-state index contributed by atoms with van der Waals surface area (Å²) < 4.78 is 10.7. The van der Waals surface area contributed by atoms with Crippen LogP contribution in [-0.2, 0) is 22.4 Å².